The fourth-order valence-corrected chi connectivity index (χ4v) is 3.44. The molecule has 1 fully saturated rings. The topological polar surface area (TPSA) is 38.7 Å². The summed E-state index contributed by atoms with van der Waals surface area (Å²) in [5, 5.41) is 10.9. The maximum atomic E-state index is 10.9. The van der Waals surface area contributed by atoms with Crippen LogP contribution in [-0.2, 0) is 5.60 Å². The normalized spacial score (nSPS) is 27.1. The van der Waals surface area contributed by atoms with Crippen LogP contribution in [0.4, 0.5) is 0 Å². The first-order valence-corrected chi connectivity index (χ1v) is 7.44. The summed E-state index contributed by atoms with van der Waals surface area (Å²) >= 11 is 3.49. The van der Waals surface area contributed by atoms with Crippen LogP contribution in [0, 0.1) is 5.92 Å². The summed E-state index contributed by atoms with van der Waals surface area (Å²) in [7, 11) is 3.24. The average molecular weight is 329 g/mol. The van der Waals surface area contributed by atoms with Gasteiger partial charge in [0.05, 0.1) is 19.8 Å². The van der Waals surface area contributed by atoms with Crippen LogP contribution in [0.3, 0.4) is 0 Å². The van der Waals surface area contributed by atoms with E-state index in [1.54, 1.807) is 14.2 Å². The van der Waals surface area contributed by atoms with Gasteiger partial charge in [0.15, 0.2) is 0 Å². The SMILES string of the molecule is COc1ccc(C2(O)CCC(C)CC2)c(OC)c1Br. The van der Waals surface area contributed by atoms with Gasteiger partial charge >= 0.3 is 0 Å². The second-order valence-corrected chi connectivity index (χ2v) is 6.17. The zero-order chi connectivity index (χ0) is 14.0. The molecule has 1 aromatic carbocycles. The third-order valence-electron chi connectivity index (χ3n) is 4.09. The molecule has 1 aliphatic carbocycles. The molecule has 1 aliphatic rings. The van der Waals surface area contributed by atoms with Gasteiger partial charge < -0.3 is 14.6 Å². The Kier molecular flexibility index (Phi) is 4.41. The Morgan fingerprint density at radius 2 is 1.84 bits per heavy atom. The lowest BCUT2D eigenvalue weighted by molar-refractivity contribution is -0.0139. The molecular weight excluding hydrogens is 308 g/mol. The predicted octanol–water partition coefficient (Wildman–Crippen LogP) is 3.86. The lowest BCUT2D eigenvalue weighted by atomic mass is 9.75. The highest BCUT2D eigenvalue weighted by Gasteiger charge is 2.36. The van der Waals surface area contributed by atoms with E-state index < -0.39 is 5.60 Å². The maximum absolute atomic E-state index is 10.9. The fourth-order valence-electron chi connectivity index (χ4n) is 2.77. The number of aliphatic hydroxyl groups is 1. The fraction of sp³-hybridized carbons (Fsp3) is 0.600. The Balaban J connectivity index is 2.42. The van der Waals surface area contributed by atoms with Crippen molar-refractivity contribution in [1.29, 1.82) is 0 Å². The molecule has 1 aromatic rings. The molecule has 1 N–H and O–H groups in total. The molecule has 3 nitrogen and oxygen atoms in total. The van der Waals surface area contributed by atoms with Gasteiger partial charge in [-0.15, -0.1) is 0 Å². The molecule has 4 heteroatoms. The van der Waals surface area contributed by atoms with Gasteiger partial charge in [-0.25, -0.2) is 0 Å². The van der Waals surface area contributed by atoms with Gasteiger partial charge in [-0.1, -0.05) is 6.92 Å². The summed E-state index contributed by atoms with van der Waals surface area (Å²) in [5.41, 5.74) is 0.0710. The van der Waals surface area contributed by atoms with Crippen molar-refractivity contribution < 1.29 is 14.6 Å². The number of rotatable bonds is 3. The molecule has 0 aromatic heterocycles. The van der Waals surface area contributed by atoms with Gasteiger partial charge in [-0.3, -0.25) is 0 Å². The highest BCUT2D eigenvalue weighted by atomic mass is 79.9. The van der Waals surface area contributed by atoms with Crippen molar-refractivity contribution in [3.63, 3.8) is 0 Å². The molecule has 1 saturated carbocycles. The lowest BCUT2D eigenvalue weighted by Crippen LogP contribution is -2.31. The van der Waals surface area contributed by atoms with Crippen molar-refractivity contribution >= 4 is 15.9 Å². The zero-order valence-corrected chi connectivity index (χ0v) is 13.3. The Labute approximate surface area is 123 Å². The van der Waals surface area contributed by atoms with Gasteiger partial charge in [0.25, 0.3) is 0 Å². The van der Waals surface area contributed by atoms with E-state index in [1.807, 2.05) is 12.1 Å². The first kappa shape index (κ1) is 14.7. The highest BCUT2D eigenvalue weighted by molar-refractivity contribution is 9.10. The van der Waals surface area contributed by atoms with Crippen LogP contribution in [0.2, 0.25) is 0 Å². The van der Waals surface area contributed by atoms with Crippen molar-refractivity contribution in [2.24, 2.45) is 5.92 Å². The van der Waals surface area contributed by atoms with E-state index in [-0.39, 0.29) is 0 Å². The summed E-state index contributed by atoms with van der Waals surface area (Å²) in [6.45, 7) is 2.24. The number of ether oxygens (including phenoxy) is 2. The third kappa shape index (κ3) is 2.75. The van der Waals surface area contributed by atoms with Crippen molar-refractivity contribution in [2.75, 3.05) is 14.2 Å². The summed E-state index contributed by atoms with van der Waals surface area (Å²) in [4.78, 5) is 0. The standard InChI is InChI=1S/C15H21BrO3/c1-10-6-8-15(17,9-7-10)11-4-5-12(18-2)13(16)14(11)19-3/h4-5,10,17H,6-9H2,1-3H3. The van der Waals surface area contributed by atoms with E-state index in [2.05, 4.69) is 22.9 Å². The van der Waals surface area contributed by atoms with Gasteiger partial charge in [0.2, 0.25) is 0 Å². The smallest absolute Gasteiger partial charge is 0.142 e. The van der Waals surface area contributed by atoms with Crippen molar-refractivity contribution in [1.82, 2.24) is 0 Å². The quantitative estimate of drug-likeness (QED) is 0.915. The van der Waals surface area contributed by atoms with Crippen LogP contribution in [0.15, 0.2) is 16.6 Å². The third-order valence-corrected chi connectivity index (χ3v) is 4.84. The highest BCUT2D eigenvalue weighted by Crippen LogP contribution is 2.47. The number of hydrogen-bond acceptors (Lipinski definition) is 3. The predicted molar refractivity (Wildman–Crippen MR) is 78.8 cm³/mol. The van der Waals surface area contributed by atoms with Crippen molar-refractivity contribution in [3.05, 3.63) is 22.2 Å². The minimum absolute atomic E-state index is 0.677. The minimum Gasteiger partial charge on any atom is -0.495 e. The maximum Gasteiger partial charge on any atom is 0.142 e. The number of halogens is 1. The number of methoxy groups -OCH3 is 2. The molecule has 19 heavy (non-hydrogen) atoms. The Morgan fingerprint density at radius 1 is 1.21 bits per heavy atom. The van der Waals surface area contributed by atoms with Gasteiger partial charge in [-0.05, 0) is 59.7 Å². The van der Waals surface area contributed by atoms with E-state index >= 15 is 0 Å². The van der Waals surface area contributed by atoms with E-state index in [9.17, 15) is 5.11 Å². The van der Waals surface area contributed by atoms with E-state index in [1.165, 1.54) is 0 Å². The average Bonchev–Trinajstić information content (AvgIpc) is 2.42. The first-order valence-electron chi connectivity index (χ1n) is 6.65. The monoisotopic (exact) mass is 328 g/mol. The zero-order valence-electron chi connectivity index (χ0n) is 11.7. The number of hydrogen-bond donors (Lipinski definition) is 1. The van der Waals surface area contributed by atoms with Crippen LogP contribution < -0.4 is 9.47 Å². The Morgan fingerprint density at radius 3 is 2.37 bits per heavy atom. The molecule has 0 bridgehead atoms. The first-order chi connectivity index (χ1) is 9.01. The molecule has 0 amide bonds. The largest absolute Gasteiger partial charge is 0.495 e. The molecule has 0 aliphatic heterocycles. The molecule has 0 spiro atoms. The molecule has 106 valence electrons. The van der Waals surface area contributed by atoms with Crippen LogP contribution in [-0.4, -0.2) is 19.3 Å². The van der Waals surface area contributed by atoms with Crippen LogP contribution in [0.25, 0.3) is 0 Å². The van der Waals surface area contributed by atoms with Gasteiger partial charge in [-0.2, -0.15) is 0 Å². The summed E-state index contributed by atoms with van der Waals surface area (Å²) in [5.74, 6) is 2.08. The van der Waals surface area contributed by atoms with Crippen molar-refractivity contribution in [3.8, 4) is 11.5 Å². The van der Waals surface area contributed by atoms with E-state index in [4.69, 9.17) is 9.47 Å². The summed E-state index contributed by atoms with van der Waals surface area (Å²) in [6.07, 6.45) is 3.65. The van der Waals surface area contributed by atoms with Gasteiger partial charge in [0, 0.05) is 5.56 Å². The van der Waals surface area contributed by atoms with E-state index in [0.29, 0.717) is 17.4 Å². The summed E-state index contributed by atoms with van der Waals surface area (Å²) in [6, 6.07) is 3.79. The molecular formula is C15H21BrO3. The van der Waals surface area contributed by atoms with Crippen LogP contribution >= 0.6 is 15.9 Å². The molecule has 0 radical (unpaired) electrons. The summed E-state index contributed by atoms with van der Waals surface area (Å²) < 4.78 is 11.5. The second-order valence-electron chi connectivity index (χ2n) is 5.38. The lowest BCUT2D eigenvalue weighted by Gasteiger charge is -2.36. The van der Waals surface area contributed by atoms with Gasteiger partial charge in [0.1, 0.15) is 16.0 Å². The van der Waals surface area contributed by atoms with Crippen molar-refractivity contribution in [2.45, 2.75) is 38.2 Å². The molecule has 2 rings (SSSR count). The molecule has 0 atom stereocenters. The Bertz CT molecular complexity index is 451. The Hall–Kier alpha value is -0.740. The van der Waals surface area contributed by atoms with Crippen LogP contribution in [0.1, 0.15) is 38.2 Å². The number of benzene rings is 1. The van der Waals surface area contributed by atoms with E-state index in [0.717, 1.165) is 35.7 Å². The molecule has 0 unspecified atom stereocenters. The molecule has 0 heterocycles. The second kappa shape index (κ2) is 5.71. The van der Waals surface area contributed by atoms with Crippen LogP contribution in [0.5, 0.6) is 11.5 Å². The molecule has 0 saturated heterocycles. The minimum atomic E-state index is -0.785.